The molecule has 184 valence electrons. The van der Waals surface area contributed by atoms with Gasteiger partial charge in [-0.25, -0.2) is 4.79 Å². The van der Waals surface area contributed by atoms with Crippen molar-refractivity contribution < 1.29 is 22.7 Å². The summed E-state index contributed by atoms with van der Waals surface area (Å²) < 4.78 is 35.2. The summed E-state index contributed by atoms with van der Waals surface area (Å²) >= 11 is 0. The van der Waals surface area contributed by atoms with Gasteiger partial charge >= 0.3 is 5.97 Å². The van der Waals surface area contributed by atoms with E-state index >= 15 is 0 Å². The Kier molecular flexibility index (Phi) is 7.81. The van der Waals surface area contributed by atoms with E-state index in [1.807, 2.05) is 11.9 Å². The number of nitrogens with one attached hydrogen (secondary N) is 2. The Labute approximate surface area is 200 Å². The molecule has 0 unspecified atom stereocenters. The number of aromatic amines is 1. The van der Waals surface area contributed by atoms with E-state index in [2.05, 4.69) is 14.7 Å². The summed E-state index contributed by atoms with van der Waals surface area (Å²) in [6.07, 6.45) is 3.27. The number of ether oxygens (including phenoxy) is 1. The van der Waals surface area contributed by atoms with E-state index in [0.29, 0.717) is 34.8 Å². The Morgan fingerprint density at radius 1 is 1.18 bits per heavy atom. The van der Waals surface area contributed by atoms with Gasteiger partial charge in [0, 0.05) is 31.4 Å². The van der Waals surface area contributed by atoms with Crippen LogP contribution in [0.25, 0.3) is 0 Å². The van der Waals surface area contributed by atoms with Crippen LogP contribution in [0.4, 0.5) is 5.69 Å². The molecule has 1 aliphatic heterocycles. The molecule has 0 spiro atoms. The van der Waals surface area contributed by atoms with Gasteiger partial charge < -0.3 is 19.9 Å². The predicted molar refractivity (Wildman–Crippen MR) is 131 cm³/mol. The molecule has 1 aromatic heterocycles. The molecule has 3 rings (SSSR count). The molecule has 1 amide bonds. The minimum Gasteiger partial charge on any atom is -0.459 e. The molecule has 1 fully saturated rings. The fraction of sp³-hybridized carbons (Fsp3) is 0.458. The van der Waals surface area contributed by atoms with Crippen molar-refractivity contribution in [2.24, 2.45) is 4.40 Å². The van der Waals surface area contributed by atoms with E-state index in [0.717, 1.165) is 25.8 Å². The molecule has 2 aromatic rings. The van der Waals surface area contributed by atoms with E-state index in [1.165, 1.54) is 12.1 Å². The number of carbonyl (C=O) groups excluding carboxylic acids is 2. The third-order valence-electron chi connectivity index (χ3n) is 5.66. The largest absolute Gasteiger partial charge is 0.459 e. The molecule has 2 N–H and O–H groups in total. The number of hydrogen-bond acceptors (Lipinski definition) is 5. The highest BCUT2D eigenvalue weighted by Gasteiger charge is 2.24. The lowest BCUT2D eigenvalue weighted by Gasteiger charge is -2.17. The SMILES string of the molecule is Cc1[nH]c(C(=O)Nc2cccc(S(=O)(=O)N=C3CCCCCN3C)c2)c(C)c1C(=O)OC(C)C. The number of aromatic nitrogens is 1. The lowest BCUT2D eigenvalue weighted by atomic mass is 10.1. The van der Waals surface area contributed by atoms with Crippen molar-refractivity contribution >= 4 is 33.4 Å². The molecular weight excluding hydrogens is 456 g/mol. The van der Waals surface area contributed by atoms with Crippen LogP contribution in [-0.4, -0.2) is 55.7 Å². The first-order chi connectivity index (χ1) is 16.0. The van der Waals surface area contributed by atoms with Crippen LogP contribution in [0.2, 0.25) is 0 Å². The number of hydrogen-bond donors (Lipinski definition) is 2. The first kappa shape index (κ1) is 25.5. The Bertz CT molecular complexity index is 1210. The molecule has 0 saturated carbocycles. The van der Waals surface area contributed by atoms with Crippen molar-refractivity contribution in [2.45, 2.75) is 64.4 Å². The molecule has 1 aromatic carbocycles. The van der Waals surface area contributed by atoms with Crippen molar-refractivity contribution in [2.75, 3.05) is 18.9 Å². The number of aryl methyl sites for hydroxylation is 1. The summed E-state index contributed by atoms with van der Waals surface area (Å²) in [6.45, 7) is 7.63. The van der Waals surface area contributed by atoms with E-state index < -0.39 is 21.9 Å². The maximum Gasteiger partial charge on any atom is 0.340 e. The number of rotatable bonds is 6. The number of nitrogens with zero attached hydrogens (tertiary/aromatic N) is 2. The average Bonchev–Trinajstić information content (AvgIpc) is 2.91. The molecule has 10 heteroatoms. The topological polar surface area (TPSA) is 121 Å². The summed E-state index contributed by atoms with van der Waals surface area (Å²) in [5.74, 6) is -0.449. The summed E-state index contributed by atoms with van der Waals surface area (Å²) in [7, 11) is -2.09. The number of carbonyl (C=O) groups is 2. The standard InChI is InChI=1S/C24H32N4O5S/c1-15(2)33-24(30)21-16(3)22(25-17(21)4)23(29)26-18-10-9-11-19(14-18)34(31,32)27-20-12-7-6-8-13-28(20)5/h9-11,14-15,25H,6-8,12-13H2,1-5H3,(H,26,29). The number of amidine groups is 1. The summed E-state index contributed by atoms with van der Waals surface area (Å²) in [5, 5.41) is 2.71. The van der Waals surface area contributed by atoms with E-state index in [1.54, 1.807) is 39.8 Å². The smallest absolute Gasteiger partial charge is 0.340 e. The Balaban J connectivity index is 1.83. The molecule has 1 aliphatic rings. The van der Waals surface area contributed by atoms with E-state index in [-0.39, 0.29) is 16.7 Å². The molecule has 34 heavy (non-hydrogen) atoms. The number of amides is 1. The molecule has 0 aliphatic carbocycles. The molecule has 0 atom stereocenters. The Morgan fingerprint density at radius 3 is 2.62 bits per heavy atom. The van der Waals surface area contributed by atoms with Crippen LogP contribution in [0.1, 0.15) is 71.6 Å². The van der Waals surface area contributed by atoms with Crippen LogP contribution < -0.4 is 5.32 Å². The van der Waals surface area contributed by atoms with Gasteiger partial charge in [-0.3, -0.25) is 4.79 Å². The summed E-state index contributed by atoms with van der Waals surface area (Å²) in [4.78, 5) is 30.1. The third-order valence-corrected chi connectivity index (χ3v) is 6.96. The molecule has 0 radical (unpaired) electrons. The monoisotopic (exact) mass is 488 g/mol. The second-order valence-electron chi connectivity index (χ2n) is 8.78. The van der Waals surface area contributed by atoms with Gasteiger partial charge in [-0.15, -0.1) is 4.40 Å². The number of benzene rings is 1. The maximum absolute atomic E-state index is 12.9. The van der Waals surface area contributed by atoms with Gasteiger partial charge in [0.2, 0.25) is 0 Å². The predicted octanol–water partition coefficient (Wildman–Crippen LogP) is 4.04. The second-order valence-corrected chi connectivity index (χ2v) is 10.4. The first-order valence-electron chi connectivity index (χ1n) is 11.4. The number of H-pyrrole nitrogens is 1. The third kappa shape index (κ3) is 5.85. The van der Waals surface area contributed by atoms with Crippen molar-refractivity contribution in [3.05, 3.63) is 46.8 Å². The molecular formula is C24H32N4O5S. The first-order valence-corrected chi connectivity index (χ1v) is 12.8. The molecule has 9 nitrogen and oxygen atoms in total. The zero-order valence-corrected chi connectivity index (χ0v) is 21.1. The van der Waals surface area contributed by atoms with Gasteiger partial charge in [-0.1, -0.05) is 12.5 Å². The van der Waals surface area contributed by atoms with Crippen LogP contribution >= 0.6 is 0 Å². The Hall–Kier alpha value is -3.14. The van der Waals surface area contributed by atoms with Crippen LogP contribution in [0.5, 0.6) is 0 Å². The van der Waals surface area contributed by atoms with Crippen LogP contribution in [0.15, 0.2) is 33.6 Å². The minimum atomic E-state index is -3.94. The summed E-state index contributed by atoms with van der Waals surface area (Å²) in [6, 6.07) is 5.99. The van der Waals surface area contributed by atoms with Gasteiger partial charge in [0.05, 0.1) is 16.6 Å². The number of sulfonamides is 1. The van der Waals surface area contributed by atoms with E-state index in [9.17, 15) is 18.0 Å². The highest BCUT2D eigenvalue weighted by atomic mass is 32.2. The zero-order chi connectivity index (χ0) is 25.0. The van der Waals surface area contributed by atoms with Crippen molar-refractivity contribution in [1.29, 1.82) is 0 Å². The van der Waals surface area contributed by atoms with Crippen LogP contribution in [0.3, 0.4) is 0 Å². The molecule has 1 saturated heterocycles. The minimum absolute atomic E-state index is 0.00367. The summed E-state index contributed by atoms with van der Waals surface area (Å²) in [5.41, 5.74) is 1.82. The normalized spacial score (nSPS) is 15.9. The molecule has 0 bridgehead atoms. The van der Waals surface area contributed by atoms with Gasteiger partial charge in [-0.05, 0) is 64.3 Å². The lowest BCUT2D eigenvalue weighted by Crippen LogP contribution is -2.26. The van der Waals surface area contributed by atoms with Crippen LogP contribution in [-0.2, 0) is 14.8 Å². The van der Waals surface area contributed by atoms with Gasteiger partial charge in [0.15, 0.2) is 0 Å². The van der Waals surface area contributed by atoms with Crippen LogP contribution in [0, 0.1) is 13.8 Å². The van der Waals surface area contributed by atoms with Gasteiger partial charge in [0.1, 0.15) is 11.5 Å². The fourth-order valence-corrected chi connectivity index (χ4v) is 5.06. The lowest BCUT2D eigenvalue weighted by molar-refractivity contribution is 0.0376. The van der Waals surface area contributed by atoms with Crippen molar-refractivity contribution in [3.63, 3.8) is 0 Å². The van der Waals surface area contributed by atoms with Gasteiger partial charge in [0.25, 0.3) is 15.9 Å². The number of esters is 1. The Morgan fingerprint density at radius 2 is 1.91 bits per heavy atom. The molecule has 2 heterocycles. The van der Waals surface area contributed by atoms with Crippen molar-refractivity contribution in [3.8, 4) is 0 Å². The second kappa shape index (κ2) is 10.4. The number of anilines is 1. The average molecular weight is 489 g/mol. The fourth-order valence-electron chi connectivity index (χ4n) is 3.92. The maximum atomic E-state index is 12.9. The van der Waals surface area contributed by atoms with E-state index in [4.69, 9.17) is 4.74 Å². The number of likely N-dealkylation sites (tertiary alicyclic amines) is 1. The zero-order valence-electron chi connectivity index (χ0n) is 20.3. The highest BCUT2D eigenvalue weighted by Crippen LogP contribution is 2.23. The van der Waals surface area contributed by atoms with Crippen molar-refractivity contribution in [1.82, 2.24) is 9.88 Å². The van der Waals surface area contributed by atoms with Gasteiger partial charge in [-0.2, -0.15) is 8.42 Å². The quantitative estimate of drug-likeness (QED) is 0.592. The highest BCUT2D eigenvalue weighted by molar-refractivity contribution is 7.90.